The normalized spacial score (nSPS) is 10.3. The van der Waals surface area contributed by atoms with Crippen LogP contribution < -0.4 is 4.74 Å². The first kappa shape index (κ1) is 14.3. The number of halogens is 1. The first-order valence-electron chi connectivity index (χ1n) is 6.62. The Hall–Kier alpha value is -2.16. The molecule has 2 nitrogen and oxygen atoms in total. The van der Waals surface area contributed by atoms with E-state index in [1.165, 1.54) is 13.0 Å². The van der Waals surface area contributed by atoms with Crippen molar-refractivity contribution in [1.29, 1.82) is 0 Å². The van der Waals surface area contributed by atoms with Crippen LogP contribution in [0.5, 0.6) is 5.75 Å². The van der Waals surface area contributed by atoms with E-state index in [2.05, 4.69) is 0 Å². The summed E-state index contributed by atoms with van der Waals surface area (Å²) in [5, 5.41) is 0. The zero-order valence-corrected chi connectivity index (χ0v) is 11.7. The van der Waals surface area contributed by atoms with Crippen LogP contribution in [0.4, 0.5) is 4.39 Å². The maximum Gasteiger partial charge on any atom is 0.162 e. The largest absolute Gasteiger partial charge is 0.489 e. The van der Waals surface area contributed by atoms with Gasteiger partial charge in [-0.25, -0.2) is 4.39 Å². The second kappa shape index (κ2) is 6.33. The van der Waals surface area contributed by atoms with Crippen LogP contribution in [0.2, 0.25) is 0 Å². The smallest absolute Gasteiger partial charge is 0.162 e. The van der Waals surface area contributed by atoms with E-state index in [4.69, 9.17) is 4.74 Å². The molecular formula is C17H17FO2. The lowest BCUT2D eigenvalue weighted by atomic mass is 10.0. The molecule has 0 aliphatic heterocycles. The van der Waals surface area contributed by atoms with E-state index in [-0.39, 0.29) is 11.3 Å². The van der Waals surface area contributed by atoms with Crippen molar-refractivity contribution in [2.24, 2.45) is 0 Å². The fourth-order valence-corrected chi connectivity index (χ4v) is 2.08. The molecule has 20 heavy (non-hydrogen) atoms. The maximum absolute atomic E-state index is 14.2. The summed E-state index contributed by atoms with van der Waals surface area (Å²) in [7, 11) is 0. The molecule has 0 spiro atoms. The van der Waals surface area contributed by atoms with Gasteiger partial charge in [-0.05, 0) is 31.0 Å². The number of benzene rings is 2. The van der Waals surface area contributed by atoms with Gasteiger partial charge in [-0.2, -0.15) is 0 Å². The Morgan fingerprint density at radius 1 is 1.15 bits per heavy atom. The summed E-state index contributed by atoms with van der Waals surface area (Å²) in [6.07, 6.45) is 0.483. The van der Waals surface area contributed by atoms with Crippen LogP contribution in [-0.2, 0) is 13.0 Å². The lowest BCUT2D eigenvalue weighted by Crippen LogP contribution is -2.05. The van der Waals surface area contributed by atoms with E-state index < -0.39 is 5.82 Å². The lowest BCUT2D eigenvalue weighted by molar-refractivity contribution is 0.101. The maximum atomic E-state index is 14.2. The number of hydrogen-bond acceptors (Lipinski definition) is 2. The third kappa shape index (κ3) is 3.05. The fraction of sp³-hybridized carbons (Fsp3) is 0.235. The molecule has 0 aliphatic rings. The molecule has 0 amide bonds. The number of carbonyl (C=O) groups is 1. The Labute approximate surface area is 118 Å². The van der Waals surface area contributed by atoms with E-state index >= 15 is 0 Å². The highest BCUT2D eigenvalue weighted by molar-refractivity contribution is 5.94. The standard InChI is InChI=1S/C17H17FO2/c1-3-14-16(10-9-15(12(2)19)17(14)18)20-11-13-7-5-4-6-8-13/h4-10H,3,11H2,1-2H3. The third-order valence-electron chi connectivity index (χ3n) is 3.17. The molecule has 0 unspecified atom stereocenters. The second-order valence-corrected chi connectivity index (χ2v) is 4.59. The fourth-order valence-electron chi connectivity index (χ4n) is 2.08. The van der Waals surface area contributed by atoms with Gasteiger partial charge in [0.1, 0.15) is 18.2 Å². The zero-order chi connectivity index (χ0) is 14.5. The summed E-state index contributed by atoms with van der Waals surface area (Å²) in [4.78, 5) is 11.3. The first-order valence-corrected chi connectivity index (χ1v) is 6.62. The van der Waals surface area contributed by atoms with Crippen LogP contribution >= 0.6 is 0 Å². The van der Waals surface area contributed by atoms with E-state index in [1.54, 1.807) is 6.07 Å². The van der Waals surface area contributed by atoms with Crippen molar-refractivity contribution in [1.82, 2.24) is 0 Å². The van der Waals surface area contributed by atoms with Gasteiger partial charge in [-0.15, -0.1) is 0 Å². The predicted octanol–water partition coefficient (Wildman–Crippen LogP) is 4.17. The highest BCUT2D eigenvalue weighted by Crippen LogP contribution is 2.26. The van der Waals surface area contributed by atoms with E-state index in [9.17, 15) is 9.18 Å². The number of hydrogen-bond donors (Lipinski definition) is 0. The molecule has 2 rings (SSSR count). The number of carbonyl (C=O) groups excluding carboxylic acids is 1. The molecule has 2 aromatic carbocycles. The van der Waals surface area contributed by atoms with Crippen molar-refractivity contribution < 1.29 is 13.9 Å². The van der Waals surface area contributed by atoms with Gasteiger partial charge in [0.2, 0.25) is 0 Å². The van der Waals surface area contributed by atoms with Crippen molar-refractivity contribution in [3.8, 4) is 5.75 Å². The molecule has 0 N–H and O–H groups in total. The van der Waals surface area contributed by atoms with Crippen molar-refractivity contribution >= 4 is 5.78 Å². The predicted molar refractivity (Wildman–Crippen MR) is 76.6 cm³/mol. The van der Waals surface area contributed by atoms with Gasteiger partial charge in [0.15, 0.2) is 5.78 Å². The van der Waals surface area contributed by atoms with Crippen molar-refractivity contribution in [2.45, 2.75) is 26.9 Å². The van der Waals surface area contributed by atoms with Crippen LogP contribution in [0.25, 0.3) is 0 Å². The van der Waals surface area contributed by atoms with Gasteiger partial charge in [0.25, 0.3) is 0 Å². The molecule has 104 valence electrons. The summed E-state index contributed by atoms with van der Waals surface area (Å²) >= 11 is 0. The molecule has 3 heteroatoms. The van der Waals surface area contributed by atoms with Crippen molar-refractivity contribution in [2.75, 3.05) is 0 Å². The van der Waals surface area contributed by atoms with Gasteiger partial charge < -0.3 is 4.74 Å². The number of Topliss-reactive ketones (excluding diaryl/α,β-unsaturated/α-hetero) is 1. The first-order chi connectivity index (χ1) is 9.63. The Morgan fingerprint density at radius 3 is 2.45 bits per heavy atom. The van der Waals surface area contributed by atoms with Gasteiger partial charge in [-0.3, -0.25) is 4.79 Å². The minimum Gasteiger partial charge on any atom is -0.489 e. The van der Waals surface area contributed by atoms with Crippen LogP contribution in [-0.4, -0.2) is 5.78 Å². The molecule has 0 bridgehead atoms. The Morgan fingerprint density at radius 2 is 1.85 bits per heavy atom. The molecule has 0 aromatic heterocycles. The Kier molecular flexibility index (Phi) is 4.51. The lowest BCUT2D eigenvalue weighted by Gasteiger charge is -2.13. The molecule has 0 aliphatic carbocycles. The summed E-state index contributed by atoms with van der Waals surface area (Å²) in [5.74, 6) is -0.240. The highest BCUT2D eigenvalue weighted by atomic mass is 19.1. The summed E-state index contributed by atoms with van der Waals surface area (Å²) < 4.78 is 19.9. The molecule has 0 fully saturated rings. The summed E-state index contributed by atoms with van der Waals surface area (Å²) in [6.45, 7) is 3.59. The molecule has 2 aromatic rings. The van der Waals surface area contributed by atoms with Gasteiger partial charge >= 0.3 is 0 Å². The molecule has 0 saturated carbocycles. The topological polar surface area (TPSA) is 26.3 Å². The number of rotatable bonds is 5. The van der Waals surface area contributed by atoms with Crippen LogP contribution in [0.1, 0.15) is 35.3 Å². The third-order valence-corrected chi connectivity index (χ3v) is 3.17. The van der Waals surface area contributed by atoms with Crippen LogP contribution in [0.15, 0.2) is 42.5 Å². The summed E-state index contributed by atoms with van der Waals surface area (Å²) in [6, 6.07) is 12.8. The average Bonchev–Trinajstić information content (AvgIpc) is 2.45. The SMILES string of the molecule is CCc1c(OCc2ccccc2)ccc(C(C)=O)c1F. The van der Waals surface area contributed by atoms with Gasteiger partial charge in [0, 0.05) is 5.56 Å². The minimum absolute atomic E-state index is 0.119. The summed E-state index contributed by atoms with van der Waals surface area (Å²) in [5.41, 5.74) is 1.59. The second-order valence-electron chi connectivity index (χ2n) is 4.59. The van der Waals surface area contributed by atoms with Crippen LogP contribution in [0.3, 0.4) is 0 Å². The van der Waals surface area contributed by atoms with Crippen molar-refractivity contribution in [3.63, 3.8) is 0 Å². The molecular weight excluding hydrogens is 255 g/mol. The molecule has 0 heterocycles. The zero-order valence-electron chi connectivity index (χ0n) is 11.7. The Balaban J connectivity index is 2.24. The highest BCUT2D eigenvalue weighted by Gasteiger charge is 2.15. The average molecular weight is 272 g/mol. The number of ether oxygens (including phenoxy) is 1. The van der Waals surface area contributed by atoms with Crippen molar-refractivity contribution in [3.05, 3.63) is 65.0 Å². The van der Waals surface area contributed by atoms with Crippen LogP contribution in [0, 0.1) is 5.82 Å². The number of ketones is 1. The quantitative estimate of drug-likeness (QED) is 0.764. The Bertz CT molecular complexity index is 606. The van der Waals surface area contributed by atoms with Gasteiger partial charge in [0.05, 0.1) is 5.56 Å². The molecule has 0 atom stereocenters. The molecule has 0 saturated heterocycles. The molecule has 0 radical (unpaired) electrons. The van der Waals surface area contributed by atoms with E-state index in [1.807, 2.05) is 37.3 Å². The monoisotopic (exact) mass is 272 g/mol. The van der Waals surface area contributed by atoms with E-state index in [0.29, 0.717) is 24.3 Å². The van der Waals surface area contributed by atoms with Gasteiger partial charge in [-0.1, -0.05) is 37.3 Å². The van der Waals surface area contributed by atoms with E-state index in [0.717, 1.165) is 5.56 Å². The minimum atomic E-state index is -0.467.